The summed E-state index contributed by atoms with van der Waals surface area (Å²) in [5.41, 5.74) is 0. The molecular weight excluding hydrogens is 416 g/mol. The van der Waals surface area contributed by atoms with Crippen molar-refractivity contribution in [2.24, 2.45) is 0 Å². The van der Waals surface area contributed by atoms with Crippen LogP contribution in [-0.2, 0) is 9.47 Å². The summed E-state index contributed by atoms with van der Waals surface area (Å²) in [5, 5.41) is 0. The van der Waals surface area contributed by atoms with Gasteiger partial charge >= 0.3 is 0 Å². The maximum atomic E-state index is 6.19. The highest BCUT2D eigenvalue weighted by atomic mass is 16.7. The number of rotatable bonds is 29. The maximum absolute atomic E-state index is 6.19. The summed E-state index contributed by atoms with van der Waals surface area (Å²) in [5.74, 6) is 0. The molecule has 0 aromatic heterocycles. The molecule has 2 nitrogen and oxygen atoms in total. The molecule has 0 heterocycles. The van der Waals surface area contributed by atoms with Gasteiger partial charge in [0, 0.05) is 13.2 Å². The van der Waals surface area contributed by atoms with Gasteiger partial charge in [0.25, 0.3) is 0 Å². The van der Waals surface area contributed by atoms with Gasteiger partial charge in [-0.15, -0.1) is 0 Å². The highest BCUT2D eigenvalue weighted by Crippen LogP contribution is 2.15. The van der Waals surface area contributed by atoms with E-state index in [1.54, 1.807) is 0 Å². The van der Waals surface area contributed by atoms with Crippen LogP contribution < -0.4 is 0 Å². The average molecular weight is 479 g/mol. The molecule has 0 radical (unpaired) electrons. The zero-order chi connectivity index (χ0) is 24.8. The summed E-state index contributed by atoms with van der Waals surface area (Å²) >= 11 is 0. The monoisotopic (exact) mass is 478 g/mol. The molecule has 0 saturated heterocycles. The van der Waals surface area contributed by atoms with Crippen molar-refractivity contribution in [1.29, 1.82) is 0 Å². The minimum absolute atomic E-state index is 0.0248. The second-order valence-corrected chi connectivity index (χ2v) is 10.1. The third-order valence-corrected chi connectivity index (χ3v) is 6.69. The van der Waals surface area contributed by atoms with E-state index < -0.39 is 0 Å². The van der Waals surface area contributed by atoms with Crippen molar-refractivity contribution in [3.05, 3.63) is 24.8 Å². The van der Waals surface area contributed by atoms with Gasteiger partial charge in [0.05, 0.1) is 0 Å². The molecule has 0 aliphatic heterocycles. The zero-order valence-electron chi connectivity index (χ0n) is 23.5. The van der Waals surface area contributed by atoms with Crippen LogP contribution in [0, 0.1) is 0 Å². The lowest BCUT2D eigenvalue weighted by atomic mass is 10.1. The largest absolute Gasteiger partial charge is 0.353 e. The lowest BCUT2D eigenvalue weighted by Gasteiger charge is -2.19. The second-order valence-electron chi connectivity index (χ2n) is 10.1. The molecule has 0 bridgehead atoms. The highest BCUT2D eigenvalue weighted by Gasteiger charge is 2.09. The summed E-state index contributed by atoms with van der Waals surface area (Å²) in [6.45, 7) is 10.0. The summed E-state index contributed by atoms with van der Waals surface area (Å²) in [6, 6.07) is 0. The average Bonchev–Trinajstić information content (AvgIpc) is 2.85. The molecule has 0 aliphatic carbocycles. The van der Waals surface area contributed by atoms with E-state index in [1.807, 2.05) is 6.08 Å². The van der Waals surface area contributed by atoms with E-state index in [0.717, 1.165) is 19.6 Å². The van der Waals surface area contributed by atoms with Crippen molar-refractivity contribution in [1.82, 2.24) is 0 Å². The first-order chi connectivity index (χ1) is 16.8. The first-order valence-electron chi connectivity index (χ1n) is 15.4. The molecule has 0 unspecified atom stereocenters. The number of unbranched alkanes of at least 4 members (excludes halogenated alkanes) is 19. The maximum Gasteiger partial charge on any atom is 0.157 e. The minimum atomic E-state index is 0.0248. The lowest BCUT2D eigenvalue weighted by Crippen LogP contribution is -2.19. The Morgan fingerprint density at radius 3 is 1.41 bits per heavy atom. The molecule has 0 atom stereocenters. The van der Waals surface area contributed by atoms with Crippen LogP contribution in [0.1, 0.15) is 162 Å². The van der Waals surface area contributed by atoms with Crippen molar-refractivity contribution < 1.29 is 9.47 Å². The fourth-order valence-corrected chi connectivity index (χ4v) is 4.41. The fourth-order valence-electron chi connectivity index (χ4n) is 4.41. The van der Waals surface area contributed by atoms with E-state index in [4.69, 9.17) is 9.47 Å². The molecule has 2 heteroatoms. The number of ether oxygens (including phenoxy) is 2. The van der Waals surface area contributed by atoms with Crippen molar-refractivity contribution in [3.63, 3.8) is 0 Å². The fraction of sp³-hybridized carbons (Fsp3) is 0.875. The highest BCUT2D eigenvalue weighted by molar-refractivity contribution is 4.96. The van der Waals surface area contributed by atoms with E-state index >= 15 is 0 Å². The van der Waals surface area contributed by atoms with Gasteiger partial charge in [-0.3, -0.25) is 0 Å². The van der Waals surface area contributed by atoms with Crippen LogP contribution in [0.5, 0.6) is 0 Å². The molecule has 0 aliphatic rings. The van der Waals surface area contributed by atoms with Gasteiger partial charge in [-0.05, 0) is 38.5 Å². The van der Waals surface area contributed by atoms with Crippen molar-refractivity contribution in [2.45, 2.75) is 168 Å². The first-order valence-corrected chi connectivity index (χ1v) is 15.4. The Kier molecular flexibility index (Phi) is 29.9. The van der Waals surface area contributed by atoms with Crippen molar-refractivity contribution in [2.75, 3.05) is 13.2 Å². The van der Waals surface area contributed by atoms with Gasteiger partial charge in [-0.25, -0.2) is 0 Å². The third kappa shape index (κ3) is 27.6. The predicted octanol–water partition coefficient (Wildman–Crippen LogP) is 11.1. The van der Waals surface area contributed by atoms with Crippen LogP contribution in [0.2, 0.25) is 0 Å². The van der Waals surface area contributed by atoms with E-state index in [0.29, 0.717) is 0 Å². The van der Waals surface area contributed by atoms with Crippen LogP contribution in [0.4, 0.5) is 0 Å². The molecular formula is C32H62O2. The molecule has 0 aromatic carbocycles. The van der Waals surface area contributed by atoms with Gasteiger partial charge in [0.1, 0.15) is 0 Å². The van der Waals surface area contributed by atoms with Crippen LogP contribution in [0.15, 0.2) is 24.8 Å². The Morgan fingerprint density at radius 1 is 0.529 bits per heavy atom. The third-order valence-electron chi connectivity index (χ3n) is 6.69. The molecule has 34 heavy (non-hydrogen) atoms. The summed E-state index contributed by atoms with van der Waals surface area (Å²) in [6.07, 6.45) is 36.4. The summed E-state index contributed by atoms with van der Waals surface area (Å²) in [7, 11) is 0. The minimum Gasteiger partial charge on any atom is -0.353 e. The molecule has 0 amide bonds. The van der Waals surface area contributed by atoms with E-state index in [1.165, 1.54) is 141 Å². The van der Waals surface area contributed by atoms with Crippen molar-refractivity contribution >= 4 is 0 Å². The van der Waals surface area contributed by atoms with E-state index in [-0.39, 0.29) is 6.29 Å². The predicted molar refractivity (Wildman–Crippen MR) is 153 cm³/mol. The first kappa shape index (κ1) is 33.4. The Morgan fingerprint density at radius 2 is 0.941 bits per heavy atom. The Labute approximate surface area is 215 Å². The van der Waals surface area contributed by atoms with Crippen LogP contribution in [0.3, 0.4) is 0 Å². The van der Waals surface area contributed by atoms with Gasteiger partial charge in [-0.1, -0.05) is 148 Å². The summed E-state index contributed by atoms with van der Waals surface area (Å²) < 4.78 is 12.4. The normalized spacial score (nSPS) is 11.7. The Hall–Kier alpha value is -0.600. The van der Waals surface area contributed by atoms with Gasteiger partial charge in [0.15, 0.2) is 6.29 Å². The molecule has 0 rings (SSSR count). The number of allylic oxidation sites excluding steroid dienone is 3. The molecule has 202 valence electrons. The lowest BCUT2D eigenvalue weighted by molar-refractivity contribution is -0.148. The van der Waals surface area contributed by atoms with E-state index in [2.05, 4.69) is 32.6 Å². The Bertz CT molecular complexity index is 384. The van der Waals surface area contributed by atoms with Gasteiger partial charge in [0.2, 0.25) is 0 Å². The quantitative estimate of drug-likeness (QED) is 0.0604. The van der Waals surface area contributed by atoms with Gasteiger partial charge < -0.3 is 9.47 Å². The molecule has 0 aromatic rings. The molecule has 0 spiro atoms. The van der Waals surface area contributed by atoms with Crippen molar-refractivity contribution in [3.8, 4) is 0 Å². The van der Waals surface area contributed by atoms with Crippen LogP contribution in [-0.4, -0.2) is 19.5 Å². The molecule has 0 saturated carbocycles. The number of hydrogen-bond donors (Lipinski definition) is 0. The van der Waals surface area contributed by atoms with E-state index in [9.17, 15) is 0 Å². The molecule has 0 fully saturated rings. The van der Waals surface area contributed by atoms with Crippen LogP contribution >= 0.6 is 0 Å². The van der Waals surface area contributed by atoms with Crippen LogP contribution in [0.25, 0.3) is 0 Å². The topological polar surface area (TPSA) is 18.5 Å². The number of hydrogen-bond acceptors (Lipinski definition) is 2. The Balaban J connectivity index is 3.86. The van der Waals surface area contributed by atoms with Gasteiger partial charge in [-0.2, -0.15) is 0 Å². The summed E-state index contributed by atoms with van der Waals surface area (Å²) in [4.78, 5) is 0. The zero-order valence-corrected chi connectivity index (χ0v) is 23.5. The SMILES string of the molecule is C=C/C=C/CCCCCCCCCC(OCCCCCCCCC)OCCCCCCCCC. The smallest absolute Gasteiger partial charge is 0.157 e. The second kappa shape index (κ2) is 30.4. The molecule has 0 N–H and O–H groups in total. The standard InChI is InChI=1S/C32H62O2/c1-4-7-10-13-16-17-18-19-20-23-26-29-32(33-30-27-24-21-14-11-8-5-2)34-31-28-25-22-15-12-9-6-3/h4,7,10,32H,1,5-6,8-9,11-31H2,2-3H3/b10-7+.